The summed E-state index contributed by atoms with van der Waals surface area (Å²) in [5.41, 5.74) is 3.59. The number of nitrogens with one attached hydrogen (secondary N) is 4. The fourth-order valence-electron chi connectivity index (χ4n) is 5.78. The number of hydrogen-bond acceptors (Lipinski definition) is 12. The number of benzene rings is 4. The van der Waals surface area contributed by atoms with E-state index < -0.39 is 20.2 Å². The van der Waals surface area contributed by atoms with E-state index in [1.165, 1.54) is 36.4 Å². The molecule has 0 aromatic heterocycles. The largest absolute Gasteiger partial charge is 0.370 e. The predicted octanol–water partition coefficient (Wildman–Crippen LogP) is 7.52. The van der Waals surface area contributed by atoms with E-state index in [1.54, 1.807) is 36.4 Å². The maximum atomic E-state index is 12.3. The number of carbonyl (C=O) groups is 2. The maximum absolute atomic E-state index is 12.3. The van der Waals surface area contributed by atoms with E-state index in [1.807, 2.05) is 38.1 Å². The van der Waals surface area contributed by atoms with Crippen molar-refractivity contribution < 1.29 is 35.5 Å². The molecule has 0 heterocycles. The lowest BCUT2D eigenvalue weighted by Gasteiger charge is -2.23. The molecule has 4 aromatic carbocycles. The summed E-state index contributed by atoms with van der Waals surface area (Å²) in [5, 5.41) is 27.9. The molecule has 6 N–H and O–H groups in total. The number of azo groups is 2. The summed E-state index contributed by atoms with van der Waals surface area (Å²) in [5.74, 6) is 0. The van der Waals surface area contributed by atoms with Gasteiger partial charge in [-0.1, -0.05) is 25.0 Å². The van der Waals surface area contributed by atoms with E-state index in [-0.39, 0.29) is 33.2 Å². The summed E-state index contributed by atoms with van der Waals surface area (Å²) in [6.45, 7) is 8.64. The summed E-state index contributed by atoms with van der Waals surface area (Å²) in [7, 11) is -8.66. The number of unbranched alkanes of at least 4 members (excludes halogenated alkanes) is 3. The third-order valence-corrected chi connectivity index (χ3v) is 10.7. The number of anilines is 2. The van der Waals surface area contributed by atoms with Gasteiger partial charge in [-0.25, -0.2) is 9.59 Å². The van der Waals surface area contributed by atoms with Crippen molar-refractivity contribution in [3.05, 3.63) is 97.1 Å². The zero-order valence-electron chi connectivity index (χ0n) is 33.6. The number of urea groups is 2. The number of nitrogens with zero attached hydrogens (tertiary/aromatic N) is 6. The average Bonchev–Trinajstić information content (AvgIpc) is 3.23. The minimum Gasteiger partial charge on any atom is -0.370 e. The van der Waals surface area contributed by atoms with Gasteiger partial charge >= 0.3 is 12.1 Å². The van der Waals surface area contributed by atoms with Gasteiger partial charge in [-0.15, -0.1) is 0 Å². The molecule has 0 aliphatic rings. The van der Waals surface area contributed by atoms with Crippen molar-refractivity contribution in [3.8, 4) is 0 Å². The lowest BCUT2D eigenvalue weighted by Crippen LogP contribution is -2.41. The minimum atomic E-state index is -4.33. The summed E-state index contributed by atoms with van der Waals surface area (Å²) < 4.78 is 63.9. The first-order chi connectivity index (χ1) is 28.7. The first-order valence-corrected chi connectivity index (χ1v) is 22.3. The molecular weight excluding hydrogens is 813 g/mol. The van der Waals surface area contributed by atoms with E-state index in [9.17, 15) is 35.5 Å². The van der Waals surface area contributed by atoms with Crippen LogP contribution < -0.4 is 31.1 Å². The molecule has 4 amide bonds. The molecule has 0 radical (unpaired) electrons. The first-order valence-electron chi connectivity index (χ1n) is 19.5. The number of amides is 4. The summed E-state index contributed by atoms with van der Waals surface area (Å²) in [6.07, 6.45) is 3.45. The Morgan fingerprint density at radius 1 is 0.500 bits per heavy atom. The van der Waals surface area contributed by atoms with Crippen LogP contribution in [0.15, 0.2) is 127 Å². The van der Waals surface area contributed by atoms with Crippen molar-refractivity contribution in [1.82, 2.24) is 21.3 Å². The van der Waals surface area contributed by atoms with Crippen LogP contribution in [0.2, 0.25) is 0 Å². The molecule has 0 aliphatic carbocycles. The van der Waals surface area contributed by atoms with Gasteiger partial charge in [0.05, 0.1) is 32.5 Å². The number of rotatable bonds is 23. The molecule has 0 spiro atoms. The minimum absolute atomic E-state index is 0.233. The Morgan fingerprint density at radius 2 is 0.850 bits per heavy atom. The second-order valence-corrected chi connectivity index (χ2v) is 16.2. The topological polar surface area (TPSA) is 247 Å². The van der Waals surface area contributed by atoms with Crippen LogP contribution in [0.5, 0.6) is 0 Å². The Morgan fingerprint density at radius 3 is 1.20 bits per heavy atom. The van der Waals surface area contributed by atoms with E-state index in [0.29, 0.717) is 50.6 Å². The molecule has 0 unspecified atom stereocenters. The van der Waals surface area contributed by atoms with Crippen LogP contribution >= 0.6 is 0 Å². The van der Waals surface area contributed by atoms with Crippen LogP contribution in [0.4, 0.5) is 43.7 Å². The molecule has 0 saturated carbocycles. The highest BCUT2D eigenvalue weighted by Crippen LogP contribution is 2.25. The van der Waals surface area contributed by atoms with E-state index >= 15 is 0 Å². The third-order valence-electron chi connectivity index (χ3n) is 9.00. The molecule has 4 aromatic rings. The van der Waals surface area contributed by atoms with E-state index in [4.69, 9.17) is 0 Å². The Hall–Kier alpha value is -5.96. The van der Waals surface area contributed by atoms with Crippen LogP contribution in [-0.4, -0.2) is 90.4 Å². The smallest absolute Gasteiger partial charge is 0.314 e. The van der Waals surface area contributed by atoms with E-state index in [0.717, 1.165) is 50.1 Å². The monoisotopic (exact) mass is 864 g/mol. The molecule has 322 valence electrons. The Labute approximate surface area is 351 Å². The fraction of sp³-hybridized carbons (Fsp3) is 0.350. The van der Waals surface area contributed by atoms with Gasteiger partial charge in [0.2, 0.25) is 0 Å². The Kier molecular flexibility index (Phi) is 18.4. The van der Waals surface area contributed by atoms with Crippen LogP contribution in [0.3, 0.4) is 0 Å². The van der Waals surface area contributed by atoms with Crippen LogP contribution in [0, 0.1) is 0 Å². The highest BCUT2D eigenvalue weighted by Gasteiger charge is 2.12. The lowest BCUT2D eigenvalue weighted by atomic mass is 10.2. The van der Waals surface area contributed by atoms with Crippen molar-refractivity contribution in [3.63, 3.8) is 0 Å². The number of likely N-dealkylation sites (N-methyl/N-ethyl adjacent to an activating group) is 2. The Bertz CT molecular complexity index is 2110. The second-order valence-electron chi connectivity index (χ2n) is 13.3. The summed E-state index contributed by atoms with van der Waals surface area (Å²) in [6, 6.07) is 25.3. The van der Waals surface area contributed by atoms with Gasteiger partial charge in [-0.3, -0.25) is 9.11 Å². The molecule has 0 bridgehead atoms. The number of carbonyl (C=O) groups excluding carboxylic acids is 2. The van der Waals surface area contributed by atoms with Crippen molar-refractivity contribution in [2.45, 2.75) is 49.3 Å². The van der Waals surface area contributed by atoms with Gasteiger partial charge in [0, 0.05) is 63.7 Å². The van der Waals surface area contributed by atoms with Gasteiger partial charge in [-0.05, 0) is 112 Å². The molecule has 0 aliphatic heterocycles. The molecule has 18 nitrogen and oxygen atoms in total. The molecular formula is C40H52N10O8S2. The molecule has 60 heavy (non-hydrogen) atoms. The van der Waals surface area contributed by atoms with Crippen LogP contribution in [0.25, 0.3) is 0 Å². The molecule has 4 rings (SSSR count). The zero-order valence-corrected chi connectivity index (χ0v) is 35.2. The van der Waals surface area contributed by atoms with Gasteiger partial charge in [0.1, 0.15) is 0 Å². The van der Waals surface area contributed by atoms with Gasteiger partial charge in [0.25, 0.3) is 20.2 Å². The van der Waals surface area contributed by atoms with Crippen LogP contribution in [-0.2, 0) is 20.2 Å². The zero-order chi connectivity index (χ0) is 43.4. The van der Waals surface area contributed by atoms with Crippen molar-refractivity contribution in [2.24, 2.45) is 20.5 Å². The van der Waals surface area contributed by atoms with Crippen molar-refractivity contribution in [1.29, 1.82) is 0 Å². The normalized spacial score (nSPS) is 11.7. The molecule has 0 fully saturated rings. The average molecular weight is 865 g/mol. The Balaban J connectivity index is 1.02. The van der Waals surface area contributed by atoms with Crippen molar-refractivity contribution >= 4 is 66.4 Å². The fourth-order valence-corrected chi connectivity index (χ4v) is 6.82. The molecule has 0 saturated heterocycles. The van der Waals surface area contributed by atoms with E-state index in [2.05, 4.69) is 51.5 Å². The first kappa shape index (κ1) is 46.7. The molecule has 20 heteroatoms. The third kappa shape index (κ3) is 16.4. The lowest BCUT2D eigenvalue weighted by molar-refractivity contribution is 0.239. The van der Waals surface area contributed by atoms with Gasteiger partial charge in [0.15, 0.2) is 0 Å². The maximum Gasteiger partial charge on any atom is 0.314 e. The summed E-state index contributed by atoms with van der Waals surface area (Å²) >= 11 is 0. The van der Waals surface area contributed by atoms with Crippen LogP contribution in [0.1, 0.15) is 39.5 Å². The number of hydrogen-bond donors (Lipinski definition) is 6. The standard InChI is InChI=1S/C40H52N10O8S2/c1-3-49(35-19-15-31(16-20-35)45-47-33-11-9-13-37(29-33)59(53,54)55)27-25-43-39(51)41-23-7-5-6-8-24-42-40(52)44-26-28-50(4-2)36-21-17-32(18-22-36)46-48-34-12-10-14-38(30-34)60(56,57)58/h9-22,29-30H,3-8,23-28H2,1-2H3,(H2,41,43,51)(H2,42,44,52)(H,53,54,55)(H,56,57,58)/b47-45+,48-46+. The highest BCUT2D eigenvalue weighted by molar-refractivity contribution is 7.86. The quantitative estimate of drug-likeness (QED) is 0.0243. The molecule has 0 atom stereocenters. The second kappa shape index (κ2) is 23.6. The van der Waals surface area contributed by atoms with Gasteiger partial charge in [-0.2, -0.15) is 37.3 Å². The van der Waals surface area contributed by atoms with Gasteiger partial charge < -0.3 is 31.1 Å². The predicted molar refractivity (Wildman–Crippen MR) is 231 cm³/mol. The summed E-state index contributed by atoms with van der Waals surface area (Å²) in [4.78, 5) is 28.3. The van der Waals surface area contributed by atoms with Crippen molar-refractivity contribution in [2.75, 3.05) is 62.2 Å². The highest BCUT2D eigenvalue weighted by atomic mass is 32.2. The SMILES string of the molecule is CCN(CCNC(=O)NCCCCCCNC(=O)NCCN(CC)c1ccc(/N=N/c2cccc(S(=O)(=O)O)c2)cc1)c1ccc(/N=N/c2cccc(S(=O)(=O)O)c2)cc1.